The Morgan fingerprint density at radius 2 is 2.04 bits per heavy atom. The molecule has 3 heterocycles. The van der Waals surface area contributed by atoms with Crippen molar-refractivity contribution in [3.8, 4) is 0 Å². The molecule has 1 aliphatic heterocycles. The second-order valence-electron chi connectivity index (χ2n) is 6.19. The number of pyridine rings is 2. The first kappa shape index (κ1) is 14.3. The lowest BCUT2D eigenvalue weighted by molar-refractivity contribution is 0.0144. The minimum Gasteiger partial charge on any atom is -0.369 e. The van der Waals surface area contributed by atoms with E-state index in [-0.39, 0.29) is 18.1 Å². The van der Waals surface area contributed by atoms with E-state index in [1.165, 1.54) is 0 Å². The van der Waals surface area contributed by atoms with Gasteiger partial charge in [0.05, 0.1) is 24.4 Å². The summed E-state index contributed by atoms with van der Waals surface area (Å²) in [6.45, 7) is 1.30. The van der Waals surface area contributed by atoms with Gasteiger partial charge in [0.1, 0.15) is 0 Å². The first-order valence-corrected chi connectivity index (χ1v) is 8.05. The molecule has 2 aliphatic rings. The summed E-state index contributed by atoms with van der Waals surface area (Å²) in [5.74, 6) is 0.528. The Hall–Kier alpha value is -2.27. The number of amides is 1. The van der Waals surface area contributed by atoms with Gasteiger partial charge < -0.3 is 9.64 Å². The highest BCUT2D eigenvalue weighted by molar-refractivity contribution is 5.94. The van der Waals surface area contributed by atoms with E-state index in [4.69, 9.17) is 4.74 Å². The number of hydrogen-bond donors (Lipinski definition) is 0. The molecule has 1 saturated heterocycles. The van der Waals surface area contributed by atoms with Gasteiger partial charge >= 0.3 is 0 Å². The van der Waals surface area contributed by atoms with Crippen molar-refractivity contribution in [1.29, 1.82) is 0 Å². The summed E-state index contributed by atoms with van der Waals surface area (Å²) >= 11 is 0. The maximum Gasteiger partial charge on any atom is 0.254 e. The fraction of sp³-hybridized carbons (Fsp3) is 0.389. The molecular weight excluding hydrogens is 290 g/mol. The number of rotatable bonds is 4. The van der Waals surface area contributed by atoms with Gasteiger partial charge in [-0.2, -0.15) is 0 Å². The third-order valence-electron chi connectivity index (χ3n) is 4.85. The highest BCUT2D eigenvalue weighted by Crippen LogP contribution is 2.40. The number of carbonyl (C=O) groups excluding carboxylic acids is 1. The van der Waals surface area contributed by atoms with Crippen LogP contribution in [0.1, 0.15) is 28.9 Å². The van der Waals surface area contributed by atoms with Crippen molar-refractivity contribution in [3.05, 3.63) is 60.2 Å². The summed E-state index contributed by atoms with van der Waals surface area (Å²) in [4.78, 5) is 22.9. The second kappa shape index (κ2) is 6.08. The van der Waals surface area contributed by atoms with Crippen LogP contribution < -0.4 is 0 Å². The van der Waals surface area contributed by atoms with E-state index in [0.29, 0.717) is 18.1 Å². The zero-order valence-corrected chi connectivity index (χ0v) is 12.8. The maximum atomic E-state index is 12.7. The highest BCUT2D eigenvalue weighted by atomic mass is 16.5. The molecule has 1 saturated carbocycles. The summed E-state index contributed by atoms with van der Waals surface area (Å²) in [6, 6.07) is 9.57. The smallest absolute Gasteiger partial charge is 0.254 e. The molecule has 2 aromatic heterocycles. The molecule has 2 bridgehead atoms. The lowest BCUT2D eigenvalue weighted by Crippen LogP contribution is -2.39. The van der Waals surface area contributed by atoms with Crippen molar-refractivity contribution < 1.29 is 9.53 Å². The largest absolute Gasteiger partial charge is 0.369 e. The number of piperidine rings is 1. The van der Waals surface area contributed by atoms with E-state index in [9.17, 15) is 4.79 Å². The zero-order chi connectivity index (χ0) is 15.6. The quantitative estimate of drug-likeness (QED) is 0.869. The van der Waals surface area contributed by atoms with Crippen molar-refractivity contribution in [2.75, 3.05) is 6.54 Å². The summed E-state index contributed by atoms with van der Waals surface area (Å²) < 4.78 is 6.12. The van der Waals surface area contributed by atoms with E-state index < -0.39 is 0 Å². The molecule has 0 N–H and O–H groups in total. The van der Waals surface area contributed by atoms with E-state index >= 15 is 0 Å². The minimum absolute atomic E-state index is 0.0889. The number of nitrogens with zero attached hydrogens (tertiary/aromatic N) is 3. The molecule has 0 spiro atoms. The molecule has 1 aliphatic carbocycles. The molecule has 2 fully saturated rings. The monoisotopic (exact) mass is 309 g/mol. The molecule has 2 aromatic rings. The van der Waals surface area contributed by atoms with Crippen LogP contribution >= 0.6 is 0 Å². The van der Waals surface area contributed by atoms with Crippen LogP contribution in [-0.4, -0.2) is 39.5 Å². The van der Waals surface area contributed by atoms with E-state index in [0.717, 1.165) is 25.1 Å². The van der Waals surface area contributed by atoms with E-state index in [1.807, 2.05) is 23.1 Å². The van der Waals surface area contributed by atoms with Crippen LogP contribution in [0.4, 0.5) is 0 Å². The Labute approximate surface area is 135 Å². The summed E-state index contributed by atoms with van der Waals surface area (Å²) in [6.07, 6.45) is 7.39. The molecule has 5 heteroatoms. The molecule has 0 radical (unpaired) electrons. The zero-order valence-electron chi connectivity index (χ0n) is 12.8. The molecule has 1 amide bonds. The molecular formula is C18H19N3O2. The topological polar surface area (TPSA) is 55.3 Å². The predicted octanol–water partition coefficient (Wildman–Crippen LogP) is 2.30. The van der Waals surface area contributed by atoms with Crippen LogP contribution in [0.15, 0.2) is 48.9 Å². The molecule has 23 heavy (non-hydrogen) atoms. The van der Waals surface area contributed by atoms with Gasteiger partial charge in [-0.1, -0.05) is 6.07 Å². The Bertz CT molecular complexity index is 677. The normalized spacial score (nSPS) is 25.7. The molecule has 4 rings (SSSR count). The average Bonchev–Trinajstić information content (AvgIpc) is 3.18. The van der Waals surface area contributed by atoms with Crippen molar-refractivity contribution in [1.82, 2.24) is 14.9 Å². The van der Waals surface area contributed by atoms with Crippen LogP contribution in [0.25, 0.3) is 0 Å². The Morgan fingerprint density at radius 1 is 1.17 bits per heavy atom. The minimum atomic E-state index is 0.0889. The number of ether oxygens (including phenoxy) is 1. The lowest BCUT2D eigenvalue weighted by Gasteiger charge is -2.27. The molecule has 0 unspecified atom stereocenters. The van der Waals surface area contributed by atoms with Crippen LogP contribution in [0.5, 0.6) is 0 Å². The average molecular weight is 309 g/mol. The number of likely N-dealkylation sites (tertiary alicyclic amines) is 1. The number of hydrogen-bond acceptors (Lipinski definition) is 4. The van der Waals surface area contributed by atoms with Gasteiger partial charge in [0.25, 0.3) is 5.91 Å². The van der Waals surface area contributed by atoms with Crippen LogP contribution in [0.3, 0.4) is 0 Å². The van der Waals surface area contributed by atoms with Gasteiger partial charge in [0.15, 0.2) is 0 Å². The van der Waals surface area contributed by atoms with Crippen molar-refractivity contribution >= 4 is 5.91 Å². The predicted molar refractivity (Wildman–Crippen MR) is 84.6 cm³/mol. The number of carbonyl (C=O) groups is 1. The third kappa shape index (κ3) is 2.72. The van der Waals surface area contributed by atoms with Gasteiger partial charge in [-0.3, -0.25) is 14.8 Å². The Balaban J connectivity index is 1.44. The summed E-state index contributed by atoms with van der Waals surface area (Å²) in [5, 5.41) is 0. The first-order chi connectivity index (χ1) is 11.3. The summed E-state index contributed by atoms with van der Waals surface area (Å²) in [5.41, 5.74) is 1.64. The van der Waals surface area contributed by atoms with Gasteiger partial charge in [-0.15, -0.1) is 0 Å². The van der Waals surface area contributed by atoms with Crippen LogP contribution in [0, 0.1) is 5.92 Å². The van der Waals surface area contributed by atoms with Crippen LogP contribution in [0.2, 0.25) is 0 Å². The van der Waals surface area contributed by atoms with E-state index in [1.54, 1.807) is 30.7 Å². The van der Waals surface area contributed by atoms with Gasteiger partial charge in [-0.05, 0) is 37.1 Å². The Morgan fingerprint density at radius 3 is 2.83 bits per heavy atom. The van der Waals surface area contributed by atoms with Crippen molar-refractivity contribution in [2.45, 2.75) is 31.6 Å². The molecule has 5 nitrogen and oxygen atoms in total. The number of aromatic nitrogens is 2. The fourth-order valence-corrected chi connectivity index (χ4v) is 3.75. The van der Waals surface area contributed by atoms with E-state index in [2.05, 4.69) is 9.97 Å². The SMILES string of the molecule is O=C(c1ccncc1)N1C[C@H]2CC[C@H]1[C@H]2OCc1ccccn1. The maximum absolute atomic E-state index is 12.7. The second-order valence-corrected chi connectivity index (χ2v) is 6.19. The molecule has 118 valence electrons. The highest BCUT2D eigenvalue weighted by Gasteiger charge is 2.49. The molecule has 0 aromatic carbocycles. The Kier molecular flexibility index (Phi) is 3.79. The van der Waals surface area contributed by atoms with Crippen molar-refractivity contribution in [2.24, 2.45) is 5.92 Å². The van der Waals surface area contributed by atoms with Gasteiger partial charge in [-0.25, -0.2) is 0 Å². The van der Waals surface area contributed by atoms with Gasteiger partial charge in [0.2, 0.25) is 0 Å². The standard InChI is InChI=1S/C18H19N3O2/c22-18(13-6-9-19-10-7-13)21-11-14-4-5-16(21)17(14)23-12-15-3-1-2-8-20-15/h1-3,6-10,14,16-17H,4-5,11-12H2/t14-,16+,17+/m1/s1. The number of fused-ring (bicyclic) bond motifs is 2. The van der Waals surface area contributed by atoms with Crippen molar-refractivity contribution in [3.63, 3.8) is 0 Å². The molecule has 3 atom stereocenters. The third-order valence-corrected chi connectivity index (χ3v) is 4.85. The van der Waals surface area contributed by atoms with Crippen LogP contribution in [-0.2, 0) is 11.3 Å². The summed E-state index contributed by atoms with van der Waals surface area (Å²) in [7, 11) is 0. The van der Waals surface area contributed by atoms with Gasteiger partial charge in [0, 0.05) is 36.6 Å². The lowest BCUT2D eigenvalue weighted by atomic mass is 10.1. The fourth-order valence-electron chi connectivity index (χ4n) is 3.75. The first-order valence-electron chi connectivity index (χ1n) is 8.05.